The average molecular weight is 236 g/mol. The molecule has 0 aromatic heterocycles. The molecule has 92 valence electrons. The van der Waals surface area contributed by atoms with E-state index in [0.29, 0.717) is 11.8 Å². The highest BCUT2D eigenvalue weighted by atomic mass is 16.6. The van der Waals surface area contributed by atoms with Crippen LogP contribution in [0.15, 0.2) is 18.2 Å². The molecule has 0 saturated heterocycles. The first-order chi connectivity index (χ1) is 7.92. The zero-order chi connectivity index (χ0) is 12.6. The van der Waals surface area contributed by atoms with Gasteiger partial charge in [0.1, 0.15) is 5.75 Å². The van der Waals surface area contributed by atoms with Gasteiger partial charge in [-0.25, -0.2) is 0 Å². The number of nitro groups is 1. The number of nitrogens with one attached hydrogen (secondary N) is 1. The molecule has 5 heteroatoms. The summed E-state index contributed by atoms with van der Waals surface area (Å²) < 4.78 is 5.06. The van der Waals surface area contributed by atoms with E-state index in [1.165, 1.54) is 19.2 Å². The van der Waals surface area contributed by atoms with Gasteiger partial charge in [-0.05, 0) is 11.8 Å². The number of hydrogen-bond acceptors (Lipinski definition) is 4. The minimum absolute atomic E-state index is 0.0466. The van der Waals surface area contributed by atoms with Crippen molar-refractivity contribution in [2.45, 2.75) is 26.3 Å². The fourth-order valence-electron chi connectivity index (χ4n) is 1.80. The van der Waals surface area contributed by atoms with Crippen LogP contribution in [-0.2, 0) is 0 Å². The van der Waals surface area contributed by atoms with Gasteiger partial charge in [-0.2, -0.15) is 0 Å². The summed E-state index contributed by atoms with van der Waals surface area (Å²) in [5.41, 5.74) is 1.06. The zero-order valence-corrected chi connectivity index (χ0v) is 10.2. The summed E-state index contributed by atoms with van der Waals surface area (Å²) >= 11 is 0. The Labute approximate surface area is 99.9 Å². The van der Waals surface area contributed by atoms with Crippen molar-refractivity contribution < 1.29 is 9.66 Å². The Morgan fingerprint density at radius 2 is 2.12 bits per heavy atom. The molecule has 0 heterocycles. The van der Waals surface area contributed by atoms with E-state index in [1.54, 1.807) is 6.07 Å². The Bertz CT molecular complexity index is 457. The minimum atomic E-state index is -0.411. The smallest absolute Gasteiger partial charge is 0.275 e. The molecule has 1 N–H and O–H groups in total. The maximum atomic E-state index is 10.8. The van der Waals surface area contributed by atoms with Crippen LogP contribution in [-0.4, -0.2) is 18.1 Å². The predicted octanol–water partition coefficient (Wildman–Crippen LogP) is 2.81. The molecule has 1 atom stereocenters. The van der Waals surface area contributed by atoms with Crippen molar-refractivity contribution in [3.05, 3.63) is 28.3 Å². The fraction of sp³-hybridized carbons (Fsp3) is 0.500. The number of methoxy groups -OCH3 is 1. The van der Waals surface area contributed by atoms with Crippen LogP contribution in [0.5, 0.6) is 5.75 Å². The largest absolute Gasteiger partial charge is 0.496 e. The Morgan fingerprint density at radius 1 is 1.47 bits per heavy atom. The Kier molecular flexibility index (Phi) is 2.69. The third kappa shape index (κ3) is 2.49. The summed E-state index contributed by atoms with van der Waals surface area (Å²) in [6.45, 7) is 4.33. The van der Waals surface area contributed by atoms with Gasteiger partial charge in [0.15, 0.2) is 0 Å². The van der Waals surface area contributed by atoms with Gasteiger partial charge in [0.2, 0.25) is 0 Å². The standard InChI is InChI=1S/C12H16N2O3/c1-12(2)7-11(12)13-8-4-9(14(15)16)6-10(5-8)17-3/h4-6,11,13H,7H2,1-3H3. The molecule has 1 aromatic carbocycles. The monoisotopic (exact) mass is 236 g/mol. The van der Waals surface area contributed by atoms with E-state index >= 15 is 0 Å². The highest BCUT2D eigenvalue weighted by Gasteiger charge is 2.45. The quantitative estimate of drug-likeness (QED) is 0.645. The molecule has 1 aliphatic rings. The number of nitrogens with zero attached hydrogens (tertiary/aromatic N) is 1. The number of anilines is 1. The summed E-state index contributed by atoms with van der Waals surface area (Å²) in [4.78, 5) is 10.4. The number of ether oxygens (including phenoxy) is 1. The normalized spacial score (nSPS) is 20.8. The van der Waals surface area contributed by atoms with Crippen LogP contribution in [0, 0.1) is 15.5 Å². The lowest BCUT2D eigenvalue weighted by Gasteiger charge is -2.09. The highest BCUT2D eigenvalue weighted by molar-refractivity contribution is 5.57. The van der Waals surface area contributed by atoms with Crippen molar-refractivity contribution in [2.75, 3.05) is 12.4 Å². The third-order valence-corrected chi connectivity index (χ3v) is 3.19. The molecule has 1 aliphatic carbocycles. The SMILES string of the molecule is COc1cc(NC2CC2(C)C)cc([N+](=O)[O-])c1. The lowest BCUT2D eigenvalue weighted by atomic mass is 10.2. The molecule has 1 aromatic rings. The van der Waals surface area contributed by atoms with Crippen LogP contribution in [0.1, 0.15) is 20.3 Å². The van der Waals surface area contributed by atoms with Crippen LogP contribution >= 0.6 is 0 Å². The molecular weight excluding hydrogens is 220 g/mol. The molecule has 0 spiro atoms. The van der Waals surface area contributed by atoms with Crippen molar-refractivity contribution in [3.63, 3.8) is 0 Å². The fourth-order valence-corrected chi connectivity index (χ4v) is 1.80. The summed E-state index contributed by atoms with van der Waals surface area (Å²) in [6.07, 6.45) is 1.08. The van der Waals surface area contributed by atoms with E-state index in [9.17, 15) is 10.1 Å². The van der Waals surface area contributed by atoms with Gasteiger partial charge in [-0.15, -0.1) is 0 Å². The minimum Gasteiger partial charge on any atom is -0.496 e. The molecular formula is C12H16N2O3. The topological polar surface area (TPSA) is 64.4 Å². The van der Waals surface area contributed by atoms with Crippen molar-refractivity contribution in [1.82, 2.24) is 0 Å². The van der Waals surface area contributed by atoms with Crippen molar-refractivity contribution in [2.24, 2.45) is 5.41 Å². The highest BCUT2D eigenvalue weighted by Crippen LogP contribution is 2.47. The van der Waals surface area contributed by atoms with Crippen molar-refractivity contribution in [1.29, 1.82) is 0 Å². The van der Waals surface area contributed by atoms with Gasteiger partial charge >= 0.3 is 0 Å². The maximum absolute atomic E-state index is 10.8. The second-order valence-electron chi connectivity index (χ2n) is 5.07. The lowest BCUT2D eigenvalue weighted by Crippen LogP contribution is -2.08. The molecule has 5 nitrogen and oxygen atoms in total. The molecule has 1 fully saturated rings. The zero-order valence-electron chi connectivity index (χ0n) is 10.2. The van der Waals surface area contributed by atoms with E-state index in [2.05, 4.69) is 19.2 Å². The van der Waals surface area contributed by atoms with Crippen molar-refractivity contribution >= 4 is 11.4 Å². The second kappa shape index (κ2) is 3.91. The van der Waals surface area contributed by atoms with Gasteiger partial charge < -0.3 is 10.1 Å². The molecule has 0 amide bonds. The van der Waals surface area contributed by atoms with Crippen LogP contribution in [0.25, 0.3) is 0 Å². The van der Waals surface area contributed by atoms with E-state index in [1.807, 2.05) is 0 Å². The number of non-ortho nitro benzene ring substituents is 1. The molecule has 17 heavy (non-hydrogen) atoms. The van der Waals surface area contributed by atoms with Crippen LogP contribution in [0.2, 0.25) is 0 Å². The van der Waals surface area contributed by atoms with E-state index in [0.717, 1.165) is 12.1 Å². The molecule has 0 radical (unpaired) electrons. The second-order valence-corrected chi connectivity index (χ2v) is 5.07. The molecule has 0 aliphatic heterocycles. The lowest BCUT2D eigenvalue weighted by molar-refractivity contribution is -0.384. The van der Waals surface area contributed by atoms with Gasteiger partial charge in [0.25, 0.3) is 5.69 Å². The number of benzene rings is 1. The molecule has 1 unspecified atom stereocenters. The van der Waals surface area contributed by atoms with Gasteiger partial charge in [0.05, 0.1) is 18.1 Å². The third-order valence-electron chi connectivity index (χ3n) is 3.19. The van der Waals surface area contributed by atoms with E-state index in [4.69, 9.17) is 4.74 Å². The van der Waals surface area contributed by atoms with E-state index < -0.39 is 4.92 Å². The maximum Gasteiger partial charge on any atom is 0.275 e. The number of nitro benzene ring substituents is 1. The van der Waals surface area contributed by atoms with E-state index in [-0.39, 0.29) is 11.1 Å². The average Bonchev–Trinajstić information content (AvgIpc) is 2.85. The molecule has 2 rings (SSSR count). The first-order valence-corrected chi connectivity index (χ1v) is 5.52. The summed E-state index contributed by atoms with van der Waals surface area (Å²) in [6, 6.07) is 5.12. The van der Waals surface area contributed by atoms with Crippen LogP contribution in [0.3, 0.4) is 0 Å². The van der Waals surface area contributed by atoms with Gasteiger partial charge in [-0.3, -0.25) is 10.1 Å². The molecule has 1 saturated carbocycles. The summed E-state index contributed by atoms with van der Waals surface area (Å²) in [5, 5.41) is 14.1. The van der Waals surface area contributed by atoms with Crippen LogP contribution < -0.4 is 10.1 Å². The first kappa shape index (κ1) is 11.7. The van der Waals surface area contributed by atoms with Crippen molar-refractivity contribution in [3.8, 4) is 5.75 Å². The Hall–Kier alpha value is -1.78. The first-order valence-electron chi connectivity index (χ1n) is 5.52. The Balaban J connectivity index is 2.21. The molecule has 0 bridgehead atoms. The van der Waals surface area contributed by atoms with Gasteiger partial charge in [0, 0.05) is 23.9 Å². The number of hydrogen-bond donors (Lipinski definition) is 1. The van der Waals surface area contributed by atoms with Crippen LogP contribution in [0.4, 0.5) is 11.4 Å². The summed E-state index contributed by atoms with van der Waals surface area (Å²) in [7, 11) is 1.50. The number of rotatable bonds is 4. The Morgan fingerprint density at radius 3 is 2.59 bits per heavy atom. The predicted molar refractivity (Wildman–Crippen MR) is 65.5 cm³/mol. The van der Waals surface area contributed by atoms with Gasteiger partial charge in [-0.1, -0.05) is 13.8 Å². The summed E-state index contributed by atoms with van der Waals surface area (Å²) in [5.74, 6) is 0.500.